The average Bonchev–Trinajstić information content (AvgIpc) is 3.24. The zero-order valence-corrected chi connectivity index (χ0v) is 19.9. The Bertz CT molecular complexity index is 1260. The molecule has 3 aromatic rings. The van der Waals surface area contributed by atoms with Crippen molar-refractivity contribution in [3.8, 4) is 5.69 Å². The number of fused-ring (bicyclic) bond motifs is 1. The Kier molecular flexibility index (Phi) is 6.03. The Hall–Kier alpha value is -3.52. The van der Waals surface area contributed by atoms with Crippen molar-refractivity contribution >= 4 is 39.5 Å². The maximum Gasteiger partial charge on any atom is 0.329 e. The van der Waals surface area contributed by atoms with Crippen molar-refractivity contribution in [2.75, 3.05) is 6.61 Å². The lowest BCUT2D eigenvalue weighted by Crippen LogP contribution is -2.44. The van der Waals surface area contributed by atoms with Crippen LogP contribution in [0.3, 0.4) is 0 Å². The van der Waals surface area contributed by atoms with Crippen LogP contribution in [0.4, 0.5) is 0 Å². The SMILES string of the molecule is Cc1cc(C(=O)COC(=O)[C@@H](C)N2C(=O)c3ccccc3C2=O)c(C)n1-c1ccc(Br)cc1. The Labute approximate surface area is 199 Å². The highest BCUT2D eigenvalue weighted by Crippen LogP contribution is 2.25. The van der Waals surface area contributed by atoms with E-state index in [1.54, 1.807) is 30.3 Å². The normalized spacial score (nSPS) is 13.8. The number of Topliss-reactive ketones (excluding diaryl/α,β-unsaturated/α-hetero) is 1. The van der Waals surface area contributed by atoms with Gasteiger partial charge in [-0.2, -0.15) is 0 Å². The van der Waals surface area contributed by atoms with Gasteiger partial charge in [-0.3, -0.25) is 19.3 Å². The minimum Gasteiger partial charge on any atom is -0.456 e. The molecule has 1 aliphatic heterocycles. The maximum absolute atomic E-state index is 12.8. The fourth-order valence-corrected chi connectivity index (χ4v) is 4.30. The van der Waals surface area contributed by atoms with Crippen molar-refractivity contribution in [1.82, 2.24) is 9.47 Å². The number of imide groups is 1. The molecular weight excluding hydrogens is 488 g/mol. The summed E-state index contributed by atoms with van der Waals surface area (Å²) in [6.07, 6.45) is 0. The third-order valence-corrected chi connectivity index (χ3v) is 6.24. The van der Waals surface area contributed by atoms with E-state index >= 15 is 0 Å². The number of hydrogen-bond acceptors (Lipinski definition) is 5. The van der Waals surface area contributed by atoms with Crippen LogP contribution in [0.15, 0.2) is 59.1 Å². The summed E-state index contributed by atoms with van der Waals surface area (Å²) in [4.78, 5) is 51.4. The van der Waals surface area contributed by atoms with Crippen molar-refractivity contribution in [3.05, 3.63) is 87.1 Å². The Morgan fingerprint density at radius 1 is 0.970 bits per heavy atom. The molecular formula is C25H21BrN2O5. The largest absolute Gasteiger partial charge is 0.456 e. The number of halogens is 1. The molecule has 2 aromatic carbocycles. The molecule has 1 aromatic heterocycles. The van der Waals surface area contributed by atoms with E-state index in [0.717, 1.165) is 26.4 Å². The summed E-state index contributed by atoms with van der Waals surface area (Å²) in [5, 5.41) is 0. The third-order valence-electron chi connectivity index (χ3n) is 5.72. The van der Waals surface area contributed by atoms with Crippen LogP contribution in [0.2, 0.25) is 0 Å². The first-order valence-electron chi connectivity index (χ1n) is 10.3. The van der Waals surface area contributed by atoms with Crippen LogP contribution in [0.25, 0.3) is 5.69 Å². The first-order chi connectivity index (χ1) is 15.7. The monoisotopic (exact) mass is 508 g/mol. The smallest absolute Gasteiger partial charge is 0.329 e. The minimum absolute atomic E-state index is 0.249. The van der Waals surface area contributed by atoms with Crippen molar-refractivity contribution < 1.29 is 23.9 Å². The number of benzene rings is 2. The van der Waals surface area contributed by atoms with E-state index in [4.69, 9.17) is 4.74 Å². The van der Waals surface area contributed by atoms with Gasteiger partial charge in [0, 0.05) is 27.1 Å². The van der Waals surface area contributed by atoms with Crippen LogP contribution in [0.1, 0.15) is 49.4 Å². The molecule has 4 rings (SSSR count). The Morgan fingerprint density at radius 3 is 2.12 bits per heavy atom. The molecule has 0 spiro atoms. The molecule has 0 aliphatic carbocycles. The van der Waals surface area contributed by atoms with Gasteiger partial charge in [-0.05, 0) is 63.2 Å². The summed E-state index contributed by atoms with van der Waals surface area (Å²) < 4.78 is 8.10. The average molecular weight is 509 g/mol. The number of esters is 1. The van der Waals surface area contributed by atoms with Gasteiger partial charge in [0.25, 0.3) is 11.8 Å². The molecule has 0 fully saturated rings. The van der Waals surface area contributed by atoms with Gasteiger partial charge in [0.2, 0.25) is 5.78 Å². The molecule has 0 saturated heterocycles. The van der Waals surface area contributed by atoms with Gasteiger partial charge in [0.15, 0.2) is 6.61 Å². The zero-order valence-electron chi connectivity index (χ0n) is 18.3. The lowest BCUT2D eigenvalue weighted by molar-refractivity contribution is -0.146. The summed E-state index contributed by atoms with van der Waals surface area (Å²) >= 11 is 3.41. The number of aryl methyl sites for hydroxylation is 1. The van der Waals surface area contributed by atoms with Crippen molar-refractivity contribution in [3.63, 3.8) is 0 Å². The minimum atomic E-state index is -1.15. The van der Waals surface area contributed by atoms with Crippen LogP contribution < -0.4 is 0 Å². The van der Waals surface area contributed by atoms with E-state index in [0.29, 0.717) is 5.56 Å². The molecule has 0 saturated carbocycles. The predicted octanol–water partition coefficient (Wildman–Crippen LogP) is 4.27. The van der Waals surface area contributed by atoms with Crippen LogP contribution in [-0.2, 0) is 9.53 Å². The maximum atomic E-state index is 12.8. The molecule has 0 bridgehead atoms. The number of carbonyl (C=O) groups excluding carboxylic acids is 4. The molecule has 1 aliphatic rings. The number of ether oxygens (including phenoxy) is 1. The molecule has 0 radical (unpaired) electrons. The van der Waals surface area contributed by atoms with Gasteiger partial charge in [-0.25, -0.2) is 4.79 Å². The fraction of sp³-hybridized carbons (Fsp3) is 0.200. The number of aromatic nitrogens is 1. The van der Waals surface area contributed by atoms with Crippen LogP contribution in [0, 0.1) is 13.8 Å². The van der Waals surface area contributed by atoms with E-state index in [9.17, 15) is 19.2 Å². The van der Waals surface area contributed by atoms with E-state index in [1.165, 1.54) is 6.92 Å². The second-order valence-electron chi connectivity index (χ2n) is 7.83. The summed E-state index contributed by atoms with van der Waals surface area (Å²) in [6, 6.07) is 14.7. The Morgan fingerprint density at radius 2 is 1.55 bits per heavy atom. The molecule has 0 N–H and O–H groups in total. The van der Waals surface area contributed by atoms with Crippen molar-refractivity contribution in [2.45, 2.75) is 26.8 Å². The van der Waals surface area contributed by atoms with E-state index in [2.05, 4.69) is 15.9 Å². The molecule has 2 heterocycles. The fourth-order valence-electron chi connectivity index (χ4n) is 4.03. The second kappa shape index (κ2) is 8.78. The molecule has 2 amide bonds. The predicted molar refractivity (Wildman–Crippen MR) is 125 cm³/mol. The standard InChI is InChI=1S/C25H21BrN2O5/c1-14-12-21(15(2)27(14)18-10-8-17(26)9-11-18)22(29)13-33-25(32)16(3)28-23(30)19-6-4-5-7-20(19)24(28)31/h4-12,16H,13H2,1-3H3/t16-/m1/s1. The third kappa shape index (κ3) is 4.02. The van der Waals surface area contributed by atoms with Crippen LogP contribution in [0.5, 0.6) is 0 Å². The van der Waals surface area contributed by atoms with E-state index in [1.807, 2.05) is 42.7 Å². The van der Waals surface area contributed by atoms with Crippen molar-refractivity contribution in [2.24, 2.45) is 0 Å². The first-order valence-corrected chi connectivity index (χ1v) is 11.1. The molecule has 33 heavy (non-hydrogen) atoms. The number of amides is 2. The van der Waals surface area contributed by atoms with Gasteiger partial charge in [-0.1, -0.05) is 28.1 Å². The van der Waals surface area contributed by atoms with Gasteiger partial charge in [0.1, 0.15) is 6.04 Å². The summed E-state index contributed by atoms with van der Waals surface area (Å²) in [6.45, 7) is 4.64. The number of rotatable bonds is 6. The number of nitrogens with zero attached hydrogens (tertiary/aromatic N) is 2. The quantitative estimate of drug-likeness (QED) is 0.282. The number of ketones is 1. The van der Waals surface area contributed by atoms with Gasteiger partial charge < -0.3 is 9.30 Å². The topological polar surface area (TPSA) is 85.7 Å². The first kappa shape index (κ1) is 22.7. The lowest BCUT2D eigenvalue weighted by atomic mass is 10.1. The highest BCUT2D eigenvalue weighted by molar-refractivity contribution is 9.10. The zero-order chi connectivity index (χ0) is 23.9. The summed E-state index contributed by atoms with van der Waals surface area (Å²) in [5.41, 5.74) is 3.44. The highest BCUT2D eigenvalue weighted by atomic mass is 79.9. The van der Waals surface area contributed by atoms with E-state index < -0.39 is 30.4 Å². The number of carbonyl (C=O) groups is 4. The highest BCUT2D eigenvalue weighted by Gasteiger charge is 2.41. The molecule has 0 unspecified atom stereocenters. The molecule has 168 valence electrons. The summed E-state index contributed by atoms with van der Waals surface area (Å²) in [5.74, 6) is -2.29. The summed E-state index contributed by atoms with van der Waals surface area (Å²) in [7, 11) is 0. The van der Waals surface area contributed by atoms with Crippen LogP contribution >= 0.6 is 15.9 Å². The number of hydrogen-bond donors (Lipinski definition) is 0. The van der Waals surface area contributed by atoms with Crippen molar-refractivity contribution in [1.29, 1.82) is 0 Å². The van der Waals surface area contributed by atoms with Gasteiger partial charge in [-0.15, -0.1) is 0 Å². The second-order valence-corrected chi connectivity index (χ2v) is 8.75. The van der Waals surface area contributed by atoms with Crippen LogP contribution in [-0.4, -0.2) is 45.7 Å². The van der Waals surface area contributed by atoms with Gasteiger partial charge in [0.05, 0.1) is 11.1 Å². The van der Waals surface area contributed by atoms with Gasteiger partial charge >= 0.3 is 5.97 Å². The van der Waals surface area contributed by atoms with E-state index in [-0.39, 0.29) is 16.9 Å². The molecule has 8 heteroatoms. The Balaban J connectivity index is 1.46. The molecule has 7 nitrogen and oxygen atoms in total. The molecule has 1 atom stereocenters. The lowest BCUT2D eigenvalue weighted by Gasteiger charge is -2.20.